The van der Waals surface area contributed by atoms with Gasteiger partial charge < -0.3 is 9.47 Å². The zero-order valence-corrected chi connectivity index (χ0v) is 14.5. The van der Waals surface area contributed by atoms with E-state index in [-0.39, 0.29) is 11.9 Å². The van der Waals surface area contributed by atoms with Crippen LogP contribution in [0.3, 0.4) is 0 Å². The highest BCUT2D eigenvalue weighted by atomic mass is 16.2. The average Bonchev–Trinajstić information content (AvgIpc) is 3.23. The zero-order chi connectivity index (χ0) is 16.9. The van der Waals surface area contributed by atoms with E-state index in [0.29, 0.717) is 0 Å². The minimum Gasteiger partial charge on any atom is -0.340 e. The first-order valence-electron chi connectivity index (χ1n) is 8.67. The van der Waals surface area contributed by atoms with Gasteiger partial charge in [0, 0.05) is 63.4 Å². The molecule has 1 amide bonds. The molecule has 7 heteroatoms. The molecule has 0 unspecified atom stereocenters. The topological polar surface area (TPSA) is 59.2 Å². The number of nitrogens with zero attached hydrogens (tertiary/aromatic N) is 6. The van der Waals surface area contributed by atoms with Gasteiger partial charge in [0.05, 0.1) is 12.5 Å². The van der Waals surface area contributed by atoms with Crippen molar-refractivity contribution >= 4 is 5.91 Å². The minimum atomic E-state index is -0.193. The van der Waals surface area contributed by atoms with Gasteiger partial charge in [0.1, 0.15) is 6.04 Å². The molecule has 0 aliphatic carbocycles. The molecule has 0 spiro atoms. The maximum absolute atomic E-state index is 12.7. The Balaban J connectivity index is 1.55. The Labute approximate surface area is 142 Å². The summed E-state index contributed by atoms with van der Waals surface area (Å²) in [6.07, 6.45) is 10.3. The molecule has 0 saturated carbocycles. The molecule has 3 heterocycles. The number of imidazole rings is 1. The number of aromatic nitrogens is 4. The lowest BCUT2D eigenvalue weighted by atomic mass is 10.2. The van der Waals surface area contributed by atoms with Crippen LogP contribution in [0.15, 0.2) is 31.1 Å². The van der Waals surface area contributed by atoms with Crippen molar-refractivity contribution in [1.29, 1.82) is 0 Å². The number of carbonyl (C=O) groups excluding carboxylic acids is 1. The van der Waals surface area contributed by atoms with E-state index in [9.17, 15) is 4.79 Å². The SMILES string of the molecule is CCn1cc(CN2CCCN(C(=O)[C@H](C)n3ccnc3)CC2)cn1. The quantitative estimate of drug-likeness (QED) is 0.831. The molecule has 0 radical (unpaired) electrons. The maximum atomic E-state index is 12.7. The lowest BCUT2D eigenvalue weighted by Crippen LogP contribution is -2.38. The van der Waals surface area contributed by atoms with Gasteiger partial charge in [0.2, 0.25) is 5.91 Å². The summed E-state index contributed by atoms with van der Waals surface area (Å²) in [5.41, 5.74) is 1.24. The van der Waals surface area contributed by atoms with Gasteiger partial charge in [-0.1, -0.05) is 0 Å². The Hall–Kier alpha value is -2.15. The van der Waals surface area contributed by atoms with Crippen LogP contribution in [-0.4, -0.2) is 61.2 Å². The number of hydrogen-bond acceptors (Lipinski definition) is 4. The fourth-order valence-corrected chi connectivity index (χ4v) is 3.16. The first-order chi connectivity index (χ1) is 11.7. The third-order valence-electron chi connectivity index (χ3n) is 4.65. The summed E-state index contributed by atoms with van der Waals surface area (Å²) in [6, 6.07) is -0.193. The Bertz CT molecular complexity index is 650. The lowest BCUT2D eigenvalue weighted by Gasteiger charge is -2.25. The molecule has 0 aromatic carbocycles. The number of amides is 1. The van der Waals surface area contributed by atoms with Crippen LogP contribution in [0.25, 0.3) is 0 Å². The summed E-state index contributed by atoms with van der Waals surface area (Å²) >= 11 is 0. The molecule has 3 rings (SSSR count). The second-order valence-corrected chi connectivity index (χ2v) is 6.35. The van der Waals surface area contributed by atoms with Gasteiger partial charge in [-0.2, -0.15) is 5.10 Å². The first kappa shape index (κ1) is 16.7. The van der Waals surface area contributed by atoms with Crippen molar-refractivity contribution in [2.24, 2.45) is 0 Å². The molecule has 130 valence electrons. The lowest BCUT2D eigenvalue weighted by molar-refractivity contribution is -0.134. The average molecular weight is 330 g/mol. The predicted molar refractivity (Wildman–Crippen MR) is 91.3 cm³/mol. The van der Waals surface area contributed by atoms with E-state index in [1.165, 1.54) is 5.56 Å². The van der Waals surface area contributed by atoms with E-state index in [1.807, 2.05) is 33.5 Å². The Morgan fingerprint density at radius 2 is 2.17 bits per heavy atom. The van der Waals surface area contributed by atoms with Gasteiger partial charge in [-0.25, -0.2) is 4.98 Å². The molecule has 1 fully saturated rings. The minimum absolute atomic E-state index is 0.175. The van der Waals surface area contributed by atoms with Crippen LogP contribution in [0.2, 0.25) is 0 Å². The Kier molecular flexibility index (Phi) is 5.30. The normalized spacial score (nSPS) is 17.7. The van der Waals surface area contributed by atoms with E-state index in [1.54, 1.807) is 12.5 Å². The van der Waals surface area contributed by atoms with Crippen LogP contribution in [0.5, 0.6) is 0 Å². The first-order valence-corrected chi connectivity index (χ1v) is 8.67. The van der Waals surface area contributed by atoms with Crippen LogP contribution in [0.4, 0.5) is 0 Å². The third kappa shape index (κ3) is 3.84. The van der Waals surface area contributed by atoms with E-state index in [0.717, 1.165) is 45.7 Å². The largest absolute Gasteiger partial charge is 0.340 e. The van der Waals surface area contributed by atoms with Crippen LogP contribution >= 0.6 is 0 Å². The van der Waals surface area contributed by atoms with Gasteiger partial charge in [-0.3, -0.25) is 14.4 Å². The fraction of sp³-hybridized carbons (Fsp3) is 0.588. The van der Waals surface area contributed by atoms with Gasteiger partial charge in [0.15, 0.2) is 0 Å². The fourth-order valence-electron chi connectivity index (χ4n) is 3.16. The van der Waals surface area contributed by atoms with E-state index < -0.39 is 0 Å². The van der Waals surface area contributed by atoms with Gasteiger partial charge in [-0.15, -0.1) is 0 Å². The Morgan fingerprint density at radius 1 is 1.29 bits per heavy atom. The number of hydrogen-bond donors (Lipinski definition) is 0. The summed E-state index contributed by atoms with van der Waals surface area (Å²) in [7, 11) is 0. The zero-order valence-electron chi connectivity index (χ0n) is 14.5. The van der Waals surface area contributed by atoms with E-state index in [2.05, 4.69) is 28.1 Å². The molecule has 2 aromatic heterocycles. The van der Waals surface area contributed by atoms with Crippen LogP contribution in [-0.2, 0) is 17.9 Å². The van der Waals surface area contributed by atoms with Crippen LogP contribution in [0.1, 0.15) is 31.9 Å². The molecular formula is C17H26N6O. The Morgan fingerprint density at radius 3 is 2.88 bits per heavy atom. The third-order valence-corrected chi connectivity index (χ3v) is 4.65. The summed E-state index contributed by atoms with van der Waals surface area (Å²) in [6.45, 7) is 9.34. The molecule has 0 N–H and O–H groups in total. The molecule has 1 atom stereocenters. The number of carbonyl (C=O) groups is 1. The second-order valence-electron chi connectivity index (χ2n) is 6.35. The van der Waals surface area contributed by atoms with Gasteiger partial charge in [-0.05, 0) is 20.3 Å². The standard InChI is InChI=1S/C17H26N6O/c1-3-23-13-16(11-19-23)12-20-6-4-7-21(10-9-20)17(24)15(2)22-8-5-18-14-22/h5,8,11,13-15H,3-4,6-7,9-10,12H2,1-2H3/t15-/m0/s1. The monoisotopic (exact) mass is 330 g/mol. The summed E-state index contributed by atoms with van der Waals surface area (Å²) in [5.74, 6) is 0.175. The highest BCUT2D eigenvalue weighted by Crippen LogP contribution is 2.14. The van der Waals surface area contributed by atoms with Crippen molar-refractivity contribution < 1.29 is 4.79 Å². The van der Waals surface area contributed by atoms with Crippen molar-refractivity contribution in [3.05, 3.63) is 36.7 Å². The molecule has 1 saturated heterocycles. The van der Waals surface area contributed by atoms with Crippen molar-refractivity contribution in [1.82, 2.24) is 29.1 Å². The van der Waals surface area contributed by atoms with Crippen molar-refractivity contribution in [3.8, 4) is 0 Å². The van der Waals surface area contributed by atoms with Crippen LogP contribution in [0, 0.1) is 0 Å². The molecular weight excluding hydrogens is 304 g/mol. The summed E-state index contributed by atoms with van der Waals surface area (Å²) in [5, 5.41) is 4.34. The molecule has 1 aliphatic rings. The maximum Gasteiger partial charge on any atom is 0.245 e. The van der Waals surface area contributed by atoms with Crippen molar-refractivity contribution in [3.63, 3.8) is 0 Å². The van der Waals surface area contributed by atoms with Crippen molar-refractivity contribution in [2.45, 2.75) is 39.4 Å². The molecule has 24 heavy (non-hydrogen) atoms. The number of aryl methyl sites for hydroxylation is 1. The highest BCUT2D eigenvalue weighted by molar-refractivity contribution is 5.80. The van der Waals surface area contributed by atoms with E-state index in [4.69, 9.17) is 0 Å². The van der Waals surface area contributed by atoms with Gasteiger partial charge in [0.25, 0.3) is 0 Å². The number of rotatable bonds is 5. The van der Waals surface area contributed by atoms with Gasteiger partial charge >= 0.3 is 0 Å². The molecule has 7 nitrogen and oxygen atoms in total. The molecule has 1 aliphatic heterocycles. The molecule has 2 aromatic rings. The smallest absolute Gasteiger partial charge is 0.245 e. The van der Waals surface area contributed by atoms with Crippen molar-refractivity contribution in [2.75, 3.05) is 26.2 Å². The summed E-state index contributed by atoms with van der Waals surface area (Å²) in [4.78, 5) is 21.1. The van der Waals surface area contributed by atoms with E-state index >= 15 is 0 Å². The summed E-state index contributed by atoms with van der Waals surface area (Å²) < 4.78 is 3.82. The van der Waals surface area contributed by atoms with Crippen LogP contribution < -0.4 is 0 Å². The predicted octanol–water partition coefficient (Wildman–Crippen LogP) is 1.39. The molecule has 0 bridgehead atoms. The second kappa shape index (κ2) is 7.61. The highest BCUT2D eigenvalue weighted by Gasteiger charge is 2.24.